The number of Topliss-reactive ketones (excluding diaryl/α,β-unsaturated/α-hetero) is 1. The van der Waals surface area contributed by atoms with Gasteiger partial charge in [-0.3, -0.25) is 14.8 Å². The number of carbonyl (C=O) groups excluding carboxylic acids is 1. The standard InChI is InChI=1S/C17H18N2O/c1-7-8(2)17(20)13-9(3)11(5)18-16-10(4)12(6)19-15(7)14(13)16/h1-6H3. The molecule has 0 saturated carbocycles. The highest BCUT2D eigenvalue weighted by molar-refractivity contribution is 6.24. The molecule has 20 heavy (non-hydrogen) atoms. The van der Waals surface area contributed by atoms with Crippen molar-refractivity contribution in [2.45, 2.75) is 41.5 Å². The Morgan fingerprint density at radius 2 is 1.35 bits per heavy atom. The molecule has 0 aliphatic heterocycles. The third kappa shape index (κ3) is 1.43. The summed E-state index contributed by atoms with van der Waals surface area (Å²) in [6.07, 6.45) is 0. The summed E-state index contributed by atoms with van der Waals surface area (Å²) in [4.78, 5) is 22.1. The highest BCUT2D eigenvalue weighted by atomic mass is 16.1. The van der Waals surface area contributed by atoms with E-state index in [4.69, 9.17) is 9.97 Å². The lowest BCUT2D eigenvalue weighted by molar-refractivity contribution is 0.103. The van der Waals surface area contributed by atoms with E-state index in [1.807, 2.05) is 41.5 Å². The van der Waals surface area contributed by atoms with Crippen LogP contribution in [-0.2, 0) is 0 Å². The van der Waals surface area contributed by atoms with Crippen molar-refractivity contribution in [2.75, 3.05) is 0 Å². The van der Waals surface area contributed by atoms with E-state index in [1.165, 1.54) is 0 Å². The molecule has 0 bridgehead atoms. The molecule has 2 heterocycles. The van der Waals surface area contributed by atoms with Gasteiger partial charge in [0, 0.05) is 27.9 Å². The SMILES string of the molecule is CC1=C(C)c2nc(C)c(C)c3nc(C)c(C)c(c23)C1=O. The fraction of sp³-hybridized carbons (Fsp3) is 0.353. The molecule has 0 fully saturated rings. The average molecular weight is 266 g/mol. The number of pyridine rings is 2. The quantitative estimate of drug-likeness (QED) is 0.727. The van der Waals surface area contributed by atoms with Crippen LogP contribution in [-0.4, -0.2) is 15.8 Å². The van der Waals surface area contributed by atoms with E-state index in [-0.39, 0.29) is 5.78 Å². The molecular formula is C17H18N2O. The third-order valence-corrected chi connectivity index (χ3v) is 4.58. The fourth-order valence-corrected chi connectivity index (χ4v) is 2.87. The molecule has 0 saturated heterocycles. The van der Waals surface area contributed by atoms with Crippen molar-refractivity contribution in [3.63, 3.8) is 0 Å². The molecule has 2 aromatic heterocycles. The first-order valence-corrected chi connectivity index (χ1v) is 6.85. The molecule has 0 N–H and O–H groups in total. The van der Waals surface area contributed by atoms with Crippen molar-refractivity contribution in [2.24, 2.45) is 0 Å². The van der Waals surface area contributed by atoms with Crippen molar-refractivity contribution in [1.82, 2.24) is 9.97 Å². The van der Waals surface area contributed by atoms with Crippen LogP contribution in [0.25, 0.3) is 16.5 Å². The molecule has 0 atom stereocenters. The minimum atomic E-state index is 0.119. The van der Waals surface area contributed by atoms with Crippen LogP contribution < -0.4 is 0 Å². The summed E-state index contributed by atoms with van der Waals surface area (Å²) < 4.78 is 0. The first-order chi connectivity index (χ1) is 9.34. The van der Waals surface area contributed by atoms with Gasteiger partial charge in [0.1, 0.15) is 0 Å². The van der Waals surface area contributed by atoms with Crippen LogP contribution in [0, 0.1) is 27.7 Å². The molecule has 3 nitrogen and oxygen atoms in total. The minimum Gasteiger partial charge on any atom is -0.289 e. The summed E-state index contributed by atoms with van der Waals surface area (Å²) >= 11 is 0. The Kier molecular flexibility index (Phi) is 2.58. The smallest absolute Gasteiger partial charge is 0.190 e. The maximum Gasteiger partial charge on any atom is 0.190 e. The number of hydrogen-bond acceptors (Lipinski definition) is 3. The fourth-order valence-electron chi connectivity index (χ4n) is 2.87. The molecular weight excluding hydrogens is 248 g/mol. The molecule has 0 aromatic carbocycles. The molecule has 0 spiro atoms. The first kappa shape index (κ1) is 13.0. The first-order valence-electron chi connectivity index (χ1n) is 6.85. The predicted octanol–water partition coefficient (Wildman–Crippen LogP) is 3.85. The zero-order valence-electron chi connectivity index (χ0n) is 12.8. The highest BCUT2D eigenvalue weighted by Crippen LogP contribution is 2.38. The second kappa shape index (κ2) is 3.98. The minimum absolute atomic E-state index is 0.119. The van der Waals surface area contributed by atoms with Gasteiger partial charge in [0.2, 0.25) is 0 Å². The Hall–Kier alpha value is -2.03. The van der Waals surface area contributed by atoms with Gasteiger partial charge in [-0.25, -0.2) is 0 Å². The molecule has 1 aliphatic carbocycles. The van der Waals surface area contributed by atoms with Crippen molar-refractivity contribution >= 4 is 22.3 Å². The van der Waals surface area contributed by atoms with E-state index in [9.17, 15) is 4.79 Å². The van der Waals surface area contributed by atoms with E-state index in [0.29, 0.717) is 0 Å². The monoisotopic (exact) mass is 266 g/mol. The number of nitrogens with zero attached hydrogens (tertiary/aromatic N) is 2. The summed E-state index contributed by atoms with van der Waals surface area (Å²) in [5.41, 5.74) is 8.35. The van der Waals surface area contributed by atoms with Crippen molar-refractivity contribution < 1.29 is 4.79 Å². The molecule has 3 heteroatoms. The maximum atomic E-state index is 12.7. The lowest BCUT2D eigenvalue weighted by atomic mass is 9.84. The van der Waals surface area contributed by atoms with Gasteiger partial charge in [-0.05, 0) is 58.2 Å². The molecule has 0 radical (unpaired) electrons. The zero-order chi connectivity index (χ0) is 14.8. The van der Waals surface area contributed by atoms with Gasteiger partial charge in [0.15, 0.2) is 5.78 Å². The summed E-state index contributed by atoms with van der Waals surface area (Å²) in [5, 5.41) is 0.935. The van der Waals surface area contributed by atoms with Crippen molar-refractivity contribution in [1.29, 1.82) is 0 Å². The summed E-state index contributed by atoms with van der Waals surface area (Å²) in [6, 6.07) is 0. The van der Waals surface area contributed by atoms with Crippen molar-refractivity contribution in [3.05, 3.63) is 39.3 Å². The lowest BCUT2D eigenvalue weighted by Crippen LogP contribution is -2.16. The Morgan fingerprint density at radius 1 is 0.750 bits per heavy atom. The van der Waals surface area contributed by atoms with Crippen LogP contribution in [0.1, 0.15) is 52.4 Å². The van der Waals surface area contributed by atoms with Gasteiger partial charge in [0.25, 0.3) is 0 Å². The topological polar surface area (TPSA) is 42.9 Å². The van der Waals surface area contributed by atoms with Crippen LogP contribution in [0.2, 0.25) is 0 Å². The molecule has 3 rings (SSSR count). The molecule has 2 aromatic rings. The third-order valence-electron chi connectivity index (χ3n) is 4.58. The Balaban J connectivity index is 2.67. The van der Waals surface area contributed by atoms with E-state index >= 15 is 0 Å². The van der Waals surface area contributed by atoms with Gasteiger partial charge < -0.3 is 0 Å². The van der Waals surface area contributed by atoms with Gasteiger partial charge in [0.05, 0.1) is 11.2 Å². The number of carbonyl (C=O) groups is 1. The molecule has 102 valence electrons. The predicted molar refractivity (Wildman–Crippen MR) is 81.1 cm³/mol. The van der Waals surface area contributed by atoms with Crippen LogP contribution in [0.3, 0.4) is 0 Å². The molecule has 0 unspecified atom stereocenters. The summed E-state index contributed by atoms with van der Waals surface area (Å²) in [5.74, 6) is 0.119. The van der Waals surface area contributed by atoms with Crippen LogP contribution >= 0.6 is 0 Å². The van der Waals surface area contributed by atoms with E-state index in [2.05, 4.69) is 0 Å². The Bertz CT molecular complexity index is 829. The highest BCUT2D eigenvalue weighted by Gasteiger charge is 2.28. The number of allylic oxidation sites excluding steroid dienone is 2. The van der Waals surface area contributed by atoms with Gasteiger partial charge in [-0.2, -0.15) is 0 Å². The van der Waals surface area contributed by atoms with Gasteiger partial charge in [-0.1, -0.05) is 0 Å². The number of ketones is 1. The zero-order valence-corrected chi connectivity index (χ0v) is 12.8. The Morgan fingerprint density at radius 3 is 2.00 bits per heavy atom. The van der Waals surface area contributed by atoms with Crippen LogP contribution in [0.4, 0.5) is 0 Å². The summed E-state index contributed by atoms with van der Waals surface area (Å²) in [7, 11) is 0. The maximum absolute atomic E-state index is 12.7. The number of aryl methyl sites for hydroxylation is 3. The molecule has 0 amide bonds. The molecule has 1 aliphatic rings. The average Bonchev–Trinajstić information content (AvgIpc) is 2.41. The number of rotatable bonds is 0. The van der Waals surface area contributed by atoms with E-state index in [0.717, 1.165) is 55.8 Å². The lowest BCUT2D eigenvalue weighted by Gasteiger charge is -2.22. The second-order valence-electron chi connectivity index (χ2n) is 5.67. The van der Waals surface area contributed by atoms with Gasteiger partial charge >= 0.3 is 0 Å². The Labute approximate surface area is 118 Å². The largest absolute Gasteiger partial charge is 0.289 e. The number of aromatic nitrogens is 2. The van der Waals surface area contributed by atoms with E-state index in [1.54, 1.807) is 0 Å². The van der Waals surface area contributed by atoms with E-state index < -0.39 is 0 Å². The van der Waals surface area contributed by atoms with Gasteiger partial charge in [-0.15, -0.1) is 0 Å². The van der Waals surface area contributed by atoms with Crippen LogP contribution in [0.5, 0.6) is 0 Å². The second-order valence-corrected chi connectivity index (χ2v) is 5.67. The summed E-state index contributed by atoms with van der Waals surface area (Å²) in [6.45, 7) is 11.8. The van der Waals surface area contributed by atoms with Crippen LogP contribution in [0.15, 0.2) is 5.57 Å². The normalized spacial score (nSPS) is 14.4. The number of hydrogen-bond donors (Lipinski definition) is 0. The van der Waals surface area contributed by atoms with Crippen molar-refractivity contribution in [3.8, 4) is 0 Å².